The molecule has 2 rings (SSSR count). The van der Waals surface area contributed by atoms with Crippen LogP contribution in [0.5, 0.6) is 0 Å². The van der Waals surface area contributed by atoms with Gasteiger partial charge in [0.25, 0.3) is 0 Å². The van der Waals surface area contributed by atoms with Crippen molar-refractivity contribution in [3.05, 3.63) is 35.4 Å². The molecule has 0 N–H and O–H groups in total. The maximum atomic E-state index is 11.5. The largest absolute Gasteiger partial charge is 0.475 e. The van der Waals surface area contributed by atoms with Crippen molar-refractivity contribution in [1.82, 2.24) is 0 Å². The molecule has 1 unspecified atom stereocenters. The van der Waals surface area contributed by atoms with Crippen molar-refractivity contribution in [2.24, 2.45) is 10.4 Å². The second-order valence-electron chi connectivity index (χ2n) is 5.70. The fourth-order valence-corrected chi connectivity index (χ4v) is 1.87. The molecular formula is C15H19NO3. The zero-order valence-electron chi connectivity index (χ0n) is 11.8. The smallest absolute Gasteiger partial charge is 0.337 e. The molecule has 0 spiro atoms. The van der Waals surface area contributed by atoms with Crippen LogP contribution >= 0.6 is 0 Å². The van der Waals surface area contributed by atoms with Crippen LogP contribution in [0.2, 0.25) is 0 Å². The zero-order valence-corrected chi connectivity index (χ0v) is 11.8. The average Bonchev–Trinajstić information content (AvgIpc) is 2.87. The van der Waals surface area contributed by atoms with Crippen LogP contribution < -0.4 is 0 Å². The third-order valence-electron chi connectivity index (χ3n) is 3.18. The van der Waals surface area contributed by atoms with Gasteiger partial charge < -0.3 is 9.47 Å². The first kappa shape index (κ1) is 13.6. The molecular weight excluding hydrogens is 242 g/mol. The Morgan fingerprint density at radius 1 is 1.42 bits per heavy atom. The summed E-state index contributed by atoms with van der Waals surface area (Å²) in [5.41, 5.74) is 1.39. The molecule has 0 aromatic heterocycles. The van der Waals surface area contributed by atoms with Gasteiger partial charge in [0, 0.05) is 5.56 Å². The van der Waals surface area contributed by atoms with E-state index in [0.29, 0.717) is 18.1 Å². The molecule has 0 saturated carbocycles. The molecule has 1 aromatic carbocycles. The molecule has 1 aliphatic heterocycles. The van der Waals surface area contributed by atoms with Crippen LogP contribution in [-0.4, -0.2) is 31.6 Å². The van der Waals surface area contributed by atoms with Gasteiger partial charge in [0.2, 0.25) is 5.90 Å². The average molecular weight is 261 g/mol. The molecule has 0 fully saturated rings. The van der Waals surface area contributed by atoms with Gasteiger partial charge in [-0.3, -0.25) is 0 Å². The first-order chi connectivity index (χ1) is 8.91. The molecule has 102 valence electrons. The lowest BCUT2D eigenvalue weighted by Gasteiger charge is -2.21. The summed E-state index contributed by atoms with van der Waals surface area (Å²) >= 11 is 0. The number of aliphatic imine (C=N–C) groups is 1. The predicted octanol–water partition coefficient (Wildman–Crippen LogP) is 2.66. The fourth-order valence-electron chi connectivity index (χ4n) is 1.87. The minimum Gasteiger partial charge on any atom is -0.475 e. The van der Waals surface area contributed by atoms with E-state index in [1.807, 2.05) is 6.07 Å². The summed E-state index contributed by atoms with van der Waals surface area (Å²) in [4.78, 5) is 16.1. The number of hydrogen-bond acceptors (Lipinski definition) is 4. The summed E-state index contributed by atoms with van der Waals surface area (Å²) in [6, 6.07) is 7.29. The molecule has 4 nitrogen and oxygen atoms in total. The minimum atomic E-state index is -0.354. The van der Waals surface area contributed by atoms with Gasteiger partial charge in [-0.25, -0.2) is 9.79 Å². The van der Waals surface area contributed by atoms with Crippen molar-refractivity contribution in [2.45, 2.75) is 26.8 Å². The molecule has 0 bridgehead atoms. The van der Waals surface area contributed by atoms with E-state index in [2.05, 4.69) is 25.8 Å². The first-order valence-corrected chi connectivity index (χ1v) is 6.31. The normalized spacial score (nSPS) is 18.7. The first-order valence-electron chi connectivity index (χ1n) is 6.31. The number of ether oxygens (including phenoxy) is 2. The van der Waals surface area contributed by atoms with Crippen LogP contribution in [0, 0.1) is 5.41 Å². The number of benzene rings is 1. The van der Waals surface area contributed by atoms with Crippen LogP contribution in [-0.2, 0) is 9.47 Å². The van der Waals surface area contributed by atoms with Crippen LogP contribution in [0.1, 0.15) is 36.7 Å². The highest BCUT2D eigenvalue weighted by atomic mass is 16.5. The van der Waals surface area contributed by atoms with Crippen molar-refractivity contribution in [2.75, 3.05) is 13.7 Å². The lowest BCUT2D eigenvalue weighted by Crippen LogP contribution is -2.25. The number of hydrogen-bond donors (Lipinski definition) is 0. The van der Waals surface area contributed by atoms with E-state index in [1.54, 1.807) is 18.2 Å². The number of methoxy groups -OCH3 is 1. The van der Waals surface area contributed by atoms with E-state index >= 15 is 0 Å². The molecule has 4 heteroatoms. The van der Waals surface area contributed by atoms with E-state index in [1.165, 1.54) is 7.11 Å². The summed E-state index contributed by atoms with van der Waals surface area (Å²) < 4.78 is 10.4. The Morgan fingerprint density at radius 2 is 2.16 bits per heavy atom. The molecule has 0 amide bonds. The monoisotopic (exact) mass is 261 g/mol. The predicted molar refractivity (Wildman–Crippen MR) is 73.5 cm³/mol. The topological polar surface area (TPSA) is 47.9 Å². The number of nitrogens with zero attached hydrogens (tertiary/aromatic N) is 1. The second kappa shape index (κ2) is 5.03. The molecule has 1 aliphatic rings. The molecule has 1 aromatic rings. The quantitative estimate of drug-likeness (QED) is 0.769. The van der Waals surface area contributed by atoms with Gasteiger partial charge in [-0.2, -0.15) is 0 Å². The van der Waals surface area contributed by atoms with Gasteiger partial charge in [-0.15, -0.1) is 0 Å². The molecule has 1 atom stereocenters. The number of carbonyl (C=O) groups is 1. The van der Waals surface area contributed by atoms with Gasteiger partial charge in [0.05, 0.1) is 18.7 Å². The molecule has 0 saturated heterocycles. The molecule has 19 heavy (non-hydrogen) atoms. The summed E-state index contributed by atoms with van der Waals surface area (Å²) in [6.45, 7) is 7.00. The maximum absolute atomic E-state index is 11.5. The highest BCUT2D eigenvalue weighted by Gasteiger charge is 2.30. The Bertz CT molecular complexity index is 514. The van der Waals surface area contributed by atoms with Crippen LogP contribution in [0.25, 0.3) is 0 Å². The summed E-state index contributed by atoms with van der Waals surface area (Å²) in [7, 11) is 1.37. The van der Waals surface area contributed by atoms with E-state index in [9.17, 15) is 4.79 Å². The Balaban J connectivity index is 2.26. The Kier molecular flexibility index (Phi) is 3.60. The van der Waals surface area contributed by atoms with Gasteiger partial charge in [-0.1, -0.05) is 26.8 Å². The standard InChI is InChI=1S/C15H19NO3/c1-15(2,3)12-9-19-13(16-12)10-6-5-7-11(8-10)14(17)18-4/h5-8,12H,9H2,1-4H3. The lowest BCUT2D eigenvalue weighted by molar-refractivity contribution is 0.0600. The van der Waals surface area contributed by atoms with E-state index in [4.69, 9.17) is 9.47 Å². The minimum absolute atomic E-state index is 0.0711. The Morgan fingerprint density at radius 3 is 2.74 bits per heavy atom. The third kappa shape index (κ3) is 2.95. The van der Waals surface area contributed by atoms with E-state index in [0.717, 1.165) is 5.56 Å². The maximum Gasteiger partial charge on any atom is 0.337 e. The number of esters is 1. The Labute approximate surface area is 113 Å². The highest BCUT2D eigenvalue weighted by Crippen LogP contribution is 2.27. The van der Waals surface area contributed by atoms with Gasteiger partial charge in [0.15, 0.2) is 0 Å². The van der Waals surface area contributed by atoms with E-state index in [-0.39, 0.29) is 17.4 Å². The molecule has 1 heterocycles. The number of carbonyl (C=O) groups excluding carboxylic acids is 1. The van der Waals surface area contributed by atoms with Crippen LogP contribution in [0.4, 0.5) is 0 Å². The third-order valence-corrected chi connectivity index (χ3v) is 3.18. The van der Waals surface area contributed by atoms with Gasteiger partial charge >= 0.3 is 5.97 Å². The lowest BCUT2D eigenvalue weighted by atomic mass is 9.88. The SMILES string of the molecule is COC(=O)c1cccc(C2=NC(C(C)(C)C)CO2)c1. The van der Waals surface area contributed by atoms with Crippen molar-refractivity contribution in [3.8, 4) is 0 Å². The van der Waals surface area contributed by atoms with Crippen LogP contribution in [0.3, 0.4) is 0 Å². The summed E-state index contributed by atoms with van der Waals surface area (Å²) in [5.74, 6) is 0.249. The molecule has 0 radical (unpaired) electrons. The highest BCUT2D eigenvalue weighted by molar-refractivity contribution is 5.98. The van der Waals surface area contributed by atoms with E-state index < -0.39 is 0 Å². The van der Waals surface area contributed by atoms with Crippen molar-refractivity contribution < 1.29 is 14.3 Å². The zero-order chi connectivity index (χ0) is 14.0. The molecule has 0 aliphatic carbocycles. The Hall–Kier alpha value is -1.84. The van der Waals surface area contributed by atoms with Crippen LogP contribution in [0.15, 0.2) is 29.3 Å². The van der Waals surface area contributed by atoms with Crippen molar-refractivity contribution in [3.63, 3.8) is 0 Å². The summed E-state index contributed by atoms with van der Waals surface area (Å²) in [6.07, 6.45) is 0. The number of rotatable bonds is 2. The van der Waals surface area contributed by atoms with Crippen molar-refractivity contribution >= 4 is 11.9 Å². The van der Waals surface area contributed by atoms with Gasteiger partial charge in [0.1, 0.15) is 6.61 Å². The fraction of sp³-hybridized carbons (Fsp3) is 0.467. The van der Waals surface area contributed by atoms with Gasteiger partial charge in [-0.05, 0) is 23.6 Å². The second-order valence-corrected chi connectivity index (χ2v) is 5.70. The summed E-state index contributed by atoms with van der Waals surface area (Å²) in [5, 5.41) is 0. The van der Waals surface area contributed by atoms with Crippen molar-refractivity contribution in [1.29, 1.82) is 0 Å².